The molecule has 9 nitrogen and oxygen atoms in total. The maximum absolute atomic E-state index is 12.4. The molecule has 7 unspecified atom stereocenters. The molecular weight excluding hydrogens is 1770 g/mol. The highest BCUT2D eigenvalue weighted by Crippen LogP contribution is 2.53. The molecule has 5 aliphatic rings. The number of hydrogen-bond acceptors (Lipinski definition) is 10. The molecule has 5 N–H and O–H groups in total. The van der Waals surface area contributed by atoms with Gasteiger partial charge < -0.3 is 25.5 Å². The molecule has 13 heteroatoms. The summed E-state index contributed by atoms with van der Waals surface area (Å²) < 4.78 is -0.626. The number of rotatable bonds is 7. The number of carbonyl (C=O) groups excluding carboxylic acids is 1. The first-order valence-electron chi connectivity index (χ1n) is 48.4. The van der Waals surface area contributed by atoms with Gasteiger partial charge in [-0.2, -0.15) is 12.6 Å². The zero-order chi connectivity index (χ0) is 103. The second-order valence-corrected chi connectivity index (χ2v) is 44.5. The number of aliphatic hydroxyl groups excluding tert-OH is 2. The number of fused-ring (bicyclic) bond motifs is 5. The van der Waals surface area contributed by atoms with Gasteiger partial charge in [0.25, 0.3) is 0 Å². The highest BCUT2D eigenvalue weighted by molar-refractivity contribution is 8.01. The molecule has 0 saturated heterocycles. The van der Waals surface area contributed by atoms with Gasteiger partial charge in [-0.25, -0.2) is 4.79 Å². The van der Waals surface area contributed by atoms with Crippen LogP contribution in [0.2, 0.25) is 0 Å². The summed E-state index contributed by atoms with van der Waals surface area (Å²) in [6.45, 7) is 104. The van der Waals surface area contributed by atoms with E-state index in [0.717, 1.165) is 50.4 Å². The van der Waals surface area contributed by atoms with Crippen molar-refractivity contribution in [3.8, 4) is 0 Å². The van der Waals surface area contributed by atoms with E-state index in [4.69, 9.17) is 10.2 Å². The number of benzene rings is 7. The lowest BCUT2D eigenvalue weighted by molar-refractivity contribution is -0.142. The van der Waals surface area contributed by atoms with Crippen LogP contribution in [0.1, 0.15) is 458 Å². The van der Waals surface area contributed by atoms with Crippen molar-refractivity contribution < 1.29 is 44.7 Å². The average molecular weight is 1990 g/mol. The molecule has 796 valence electrons. The van der Waals surface area contributed by atoms with Gasteiger partial charge in [-0.3, -0.25) is 14.4 Å². The molecule has 7 atom stereocenters. The minimum atomic E-state index is -0.842. The Morgan fingerprint density at radius 1 is 0.413 bits per heavy atom. The zero-order valence-corrected chi connectivity index (χ0v) is 94.9. The van der Waals surface area contributed by atoms with Crippen LogP contribution in [0.4, 0.5) is 0 Å². The Bertz CT molecular complexity index is 4740. The van der Waals surface area contributed by atoms with Crippen LogP contribution in [0, 0.1) is 143 Å². The van der Waals surface area contributed by atoms with E-state index in [1.165, 1.54) is 123 Å². The van der Waals surface area contributed by atoms with Gasteiger partial charge in [-0.05, 0) is 348 Å². The molecule has 2 heterocycles. The van der Waals surface area contributed by atoms with Gasteiger partial charge in [0.1, 0.15) is 0 Å². The smallest absolute Gasteiger partial charge is 0.335 e. The number of carboxylic acids is 3. The molecule has 7 aromatic carbocycles. The number of carbonyl (C=O) groups is 4. The maximum Gasteiger partial charge on any atom is 0.335 e. The zero-order valence-electron chi connectivity index (χ0n) is 91.5. The average Bonchev–Trinajstić information content (AvgIpc) is 0.782. The molecule has 0 fully saturated rings. The van der Waals surface area contributed by atoms with Crippen LogP contribution < -0.4 is 0 Å². The van der Waals surface area contributed by atoms with Gasteiger partial charge in [0.05, 0.1) is 29.6 Å². The van der Waals surface area contributed by atoms with Gasteiger partial charge in [0, 0.05) is 51.1 Å². The molecule has 0 aromatic heterocycles. The standard InChI is InChI=1S/C16H20O2.C15H22O.C15H20.C14H20O2S.C14H20OS.C14H18OS.C9H12.C6H12O2S.7C2H6.8CH4/c1-9-11(3)16(4,5)8-12-6-7-13(15(17)18)10(2)14(9)12;1-9-6-7-12-8-15(4,5)11(3)14(16)13(12)10(9)2;1-10-6-7-13-9-15(4,5)11(2)8-14(13)12(10)3;1-9-6-7-12(8-10(9)2)17-14(4,5)11(3)13(15)16;2*1-8-6-7-11-12(9(8)2)13(15)10(3)14(4,5)16-11;1-7-4-5-8(2)9(3)6-7;1-4(5(7)8)6(2,3)9;7*1-2;;;;;;;;/h6-7H,8H2,1-5H3,(H,17,18);6-7,11,14,16H,8H2,1-5H3;6-8H,9H2,1-5H3;6-8,11H,1-5H3,(H,15,16);6-7,10,13,15H,1-5H3;6-7,10H,1-5H3;4-6H,1-3H3;4,9H,1-3H3,(H,7,8);7*1-2H3;8*1H4. The first-order valence-corrected chi connectivity index (χ1v) is 51.3. The predicted molar refractivity (Wildman–Crippen MR) is 634 cm³/mol. The number of aliphatic carboxylic acids is 2. The summed E-state index contributed by atoms with van der Waals surface area (Å²) in [4.78, 5) is 48.5. The fourth-order valence-electron chi connectivity index (χ4n) is 15.1. The van der Waals surface area contributed by atoms with Crippen LogP contribution >= 0.6 is 47.9 Å². The summed E-state index contributed by atoms with van der Waals surface area (Å²) in [5.74, 6) is -2.17. The Kier molecular flexibility index (Phi) is 76.7. The van der Waals surface area contributed by atoms with E-state index in [2.05, 4.69) is 297 Å². The lowest BCUT2D eigenvalue weighted by Gasteiger charge is -2.42. The molecule has 0 amide bonds. The van der Waals surface area contributed by atoms with Crippen LogP contribution in [0.25, 0.3) is 11.6 Å². The Labute approximate surface area is 874 Å². The molecule has 7 aromatic rings. The van der Waals surface area contributed by atoms with Crippen molar-refractivity contribution in [3.05, 3.63) is 236 Å². The number of thioether (sulfide) groups is 3. The number of thiol groups is 1. The summed E-state index contributed by atoms with van der Waals surface area (Å²) >= 11 is 9.45. The molecule has 0 spiro atoms. The topological polar surface area (TPSA) is 169 Å². The van der Waals surface area contributed by atoms with Crippen LogP contribution in [-0.4, -0.2) is 68.2 Å². The first-order chi connectivity index (χ1) is 60.0. The van der Waals surface area contributed by atoms with Crippen molar-refractivity contribution in [2.24, 2.45) is 45.8 Å². The molecule has 138 heavy (non-hydrogen) atoms. The predicted octanol–water partition coefficient (Wildman–Crippen LogP) is 40.0. The molecule has 0 radical (unpaired) electrons. The summed E-state index contributed by atoms with van der Waals surface area (Å²) in [5.41, 5.74) is 33.0. The molecule has 2 aliphatic heterocycles. The second-order valence-electron chi connectivity index (χ2n) is 38.2. The minimum absolute atomic E-state index is 0. The lowest BCUT2D eigenvalue weighted by Crippen LogP contribution is -2.36. The Hall–Kier alpha value is -6.58. The third kappa shape index (κ3) is 42.4. The summed E-state index contributed by atoms with van der Waals surface area (Å²) in [5, 5.41) is 47.7. The maximum atomic E-state index is 12.4. The van der Waals surface area contributed by atoms with Gasteiger partial charge in [0.2, 0.25) is 0 Å². The third-order valence-corrected chi connectivity index (χ3v) is 31.6. The molecule has 3 aliphatic carbocycles. The fraction of sp³-hybridized carbons (Fsp3) is 0.600. The minimum Gasteiger partial charge on any atom is -0.481 e. The number of aliphatic hydroxyl groups is 2. The number of carboxylic acid groups (broad SMARTS) is 3. The highest BCUT2D eigenvalue weighted by Gasteiger charge is 2.43. The second kappa shape index (κ2) is 68.6. The summed E-state index contributed by atoms with van der Waals surface area (Å²) in [6.07, 6.45) is 4.96. The van der Waals surface area contributed by atoms with E-state index in [1.807, 2.05) is 154 Å². The summed E-state index contributed by atoms with van der Waals surface area (Å²) in [7, 11) is 0. The number of aryl methyl sites for hydroxylation is 9. The number of Topliss-reactive ketones (excluding diaryl/α,β-unsaturated/α-hetero) is 1. The van der Waals surface area contributed by atoms with Crippen LogP contribution in [0.3, 0.4) is 0 Å². The Morgan fingerprint density at radius 2 is 0.790 bits per heavy atom. The quantitative estimate of drug-likeness (QED) is 0.0661. The van der Waals surface area contributed by atoms with E-state index < -0.39 is 28.6 Å². The van der Waals surface area contributed by atoms with Gasteiger partial charge in [-0.15, -0.1) is 35.3 Å². The van der Waals surface area contributed by atoms with Crippen molar-refractivity contribution in [1.82, 2.24) is 0 Å². The SMILES string of the molecule is C.C.C.C.C.C.C.C.CC.CC.CC.CC.CC.CC.CC.CC(C(=O)O)C(C)(C)S.CC1=C(C)C(C)(C)Cc2ccc(C(=O)O)c(C)c21.CC1=Cc2c(ccc(C)c2C)CC1(C)C.Cc1ccc(C)c(C)c1.Cc1ccc(SC(C)(C)C(C)C(=O)O)cc1C.Cc1ccc2c(c1C)C(=O)C(C)C(C)(C)S2.Cc1ccc2c(c1C)C(O)C(C)C(C)(C)C2.Cc1ccc2c(c1C)C(O)C(C)C(C)(C)S2. The Morgan fingerprint density at radius 3 is 1.21 bits per heavy atom. The normalized spacial score (nSPS) is 16.9. The van der Waals surface area contributed by atoms with Crippen molar-refractivity contribution in [1.29, 1.82) is 0 Å². The molecular formula is C125H218O9S4. The van der Waals surface area contributed by atoms with Crippen molar-refractivity contribution >= 4 is 83.3 Å². The number of allylic oxidation sites excluding steroid dienone is 3. The van der Waals surface area contributed by atoms with Crippen molar-refractivity contribution in [3.63, 3.8) is 0 Å². The Balaban J connectivity index is -0.000000145. The van der Waals surface area contributed by atoms with E-state index >= 15 is 0 Å². The van der Waals surface area contributed by atoms with E-state index in [0.29, 0.717) is 22.7 Å². The van der Waals surface area contributed by atoms with Crippen molar-refractivity contribution in [2.75, 3.05) is 0 Å². The molecule has 0 bridgehead atoms. The number of aromatic carboxylic acids is 1. The fourth-order valence-corrected chi connectivity index (χ4v) is 19.2. The highest BCUT2D eigenvalue weighted by atomic mass is 32.2. The van der Waals surface area contributed by atoms with Gasteiger partial charge in [-0.1, -0.05) is 336 Å². The number of ketones is 1. The van der Waals surface area contributed by atoms with E-state index in [9.17, 15) is 34.5 Å². The summed E-state index contributed by atoms with van der Waals surface area (Å²) in [6, 6.07) is 33.9. The van der Waals surface area contributed by atoms with Crippen LogP contribution in [0.15, 0.2) is 123 Å². The third-order valence-electron chi connectivity index (χ3n) is 26.9. The van der Waals surface area contributed by atoms with Crippen LogP contribution in [0.5, 0.6) is 0 Å². The molecule has 12 rings (SSSR count). The number of hydrogen-bond donors (Lipinski definition) is 6. The molecule has 0 saturated carbocycles. The first kappa shape index (κ1) is 154. The van der Waals surface area contributed by atoms with Crippen LogP contribution in [-0.2, 0) is 28.9 Å². The lowest BCUT2D eigenvalue weighted by atomic mass is 9.65. The van der Waals surface area contributed by atoms with E-state index in [1.54, 1.807) is 45.5 Å². The van der Waals surface area contributed by atoms with Crippen molar-refractivity contribution in [2.45, 2.75) is 471 Å². The largest absolute Gasteiger partial charge is 0.481 e. The van der Waals surface area contributed by atoms with Gasteiger partial charge in [0.15, 0.2) is 5.78 Å². The monoisotopic (exact) mass is 1990 g/mol. The van der Waals surface area contributed by atoms with E-state index in [-0.39, 0.29) is 114 Å². The van der Waals surface area contributed by atoms with Gasteiger partial charge >= 0.3 is 17.9 Å².